The number of hydrogen-bond acceptors (Lipinski definition) is 4. The summed E-state index contributed by atoms with van der Waals surface area (Å²) < 4.78 is 46.9. The molecular formula is C21H20FNO4S. The predicted molar refractivity (Wildman–Crippen MR) is 103 cm³/mol. The Morgan fingerprint density at radius 2 is 1.89 bits per heavy atom. The van der Waals surface area contributed by atoms with Crippen LogP contribution in [0, 0.1) is 18.7 Å². The SMILES string of the molecule is CCOC(=O)[C@@H]1C[C@H]1c1cc2cc(F)ccc2n1S(=O)(=O)c1ccc(C)cc1. The predicted octanol–water partition coefficient (Wildman–Crippen LogP) is 3.99. The maximum atomic E-state index is 13.7. The zero-order valence-electron chi connectivity index (χ0n) is 15.6. The van der Waals surface area contributed by atoms with Gasteiger partial charge in [-0.3, -0.25) is 4.79 Å². The highest BCUT2D eigenvalue weighted by Gasteiger charge is 2.48. The van der Waals surface area contributed by atoms with E-state index in [9.17, 15) is 17.6 Å². The minimum absolute atomic E-state index is 0.148. The van der Waals surface area contributed by atoms with Crippen LogP contribution >= 0.6 is 0 Å². The van der Waals surface area contributed by atoms with Crippen LogP contribution in [0.25, 0.3) is 10.9 Å². The van der Waals surface area contributed by atoms with E-state index in [-0.39, 0.29) is 29.3 Å². The molecule has 146 valence electrons. The van der Waals surface area contributed by atoms with Crippen LogP contribution in [0.3, 0.4) is 0 Å². The van der Waals surface area contributed by atoms with Crippen LogP contribution in [-0.2, 0) is 19.6 Å². The van der Waals surface area contributed by atoms with Crippen molar-refractivity contribution in [3.05, 3.63) is 65.6 Å². The van der Waals surface area contributed by atoms with Gasteiger partial charge in [0.15, 0.2) is 0 Å². The smallest absolute Gasteiger partial charge is 0.309 e. The van der Waals surface area contributed by atoms with Gasteiger partial charge < -0.3 is 4.74 Å². The van der Waals surface area contributed by atoms with Crippen molar-refractivity contribution in [2.45, 2.75) is 31.1 Å². The van der Waals surface area contributed by atoms with Gasteiger partial charge in [-0.05, 0) is 56.7 Å². The third-order valence-corrected chi connectivity index (χ3v) is 6.82. The third-order valence-electron chi connectivity index (χ3n) is 5.07. The van der Waals surface area contributed by atoms with Crippen molar-refractivity contribution in [3.8, 4) is 0 Å². The minimum Gasteiger partial charge on any atom is -0.466 e. The Balaban J connectivity index is 1.87. The molecule has 0 radical (unpaired) electrons. The zero-order chi connectivity index (χ0) is 20.1. The van der Waals surface area contributed by atoms with Crippen LogP contribution in [0.1, 0.15) is 30.5 Å². The van der Waals surface area contributed by atoms with Crippen molar-refractivity contribution in [2.24, 2.45) is 5.92 Å². The van der Waals surface area contributed by atoms with Gasteiger partial charge in [0.1, 0.15) is 5.82 Å². The maximum Gasteiger partial charge on any atom is 0.309 e. The molecule has 0 spiro atoms. The number of esters is 1. The molecule has 2 aromatic carbocycles. The number of fused-ring (bicyclic) bond motifs is 1. The quantitative estimate of drug-likeness (QED) is 0.607. The molecule has 0 unspecified atom stereocenters. The van der Waals surface area contributed by atoms with Gasteiger partial charge in [-0.25, -0.2) is 16.8 Å². The Hall–Kier alpha value is -2.67. The lowest BCUT2D eigenvalue weighted by molar-refractivity contribution is -0.144. The molecule has 1 aliphatic carbocycles. The molecule has 4 rings (SSSR count). The summed E-state index contributed by atoms with van der Waals surface area (Å²) in [4.78, 5) is 12.2. The number of aromatic nitrogens is 1. The molecular weight excluding hydrogens is 381 g/mol. The molecule has 1 heterocycles. The Morgan fingerprint density at radius 1 is 1.18 bits per heavy atom. The number of rotatable bonds is 5. The summed E-state index contributed by atoms with van der Waals surface area (Å²) >= 11 is 0. The molecule has 0 amide bonds. The first-order valence-corrected chi connectivity index (χ1v) is 10.6. The topological polar surface area (TPSA) is 65.4 Å². The lowest BCUT2D eigenvalue weighted by atomic mass is 10.2. The van der Waals surface area contributed by atoms with Crippen LogP contribution < -0.4 is 0 Å². The fourth-order valence-electron chi connectivity index (χ4n) is 3.56. The highest BCUT2D eigenvalue weighted by molar-refractivity contribution is 7.90. The summed E-state index contributed by atoms with van der Waals surface area (Å²) in [6.45, 7) is 3.89. The van der Waals surface area contributed by atoms with Crippen molar-refractivity contribution in [1.82, 2.24) is 3.97 Å². The Bertz CT molecular complexity index is 1170. The van der Waals surface area contributed by atoms with Gasteiger partial charge in [-0.1, -0.05) is 17.7 Å². The number of halogens is 1. The van der Waals surface area contributed by atoms with Gasteiger partial charge in [0, 0.05) is 17.0 Å². The third kappa shape index (κ3) is 3.09. The largest absolute Gasteiger partial charge is 0.466 e. The molecule has 1 saturated carbocycles. The van der Waals surface area contributed by atoms with Crippen LogP contribution in [-0.4, -0.2) is 25.0 Å². The van der Waals surface area contributed by atoms with Gasteiger partial charge >= 0.3 is 5.97 Å². The first-order chi connectivity index (χ1) is 13.3. The van der Waals surface area contributed by atoms with Crippen molar-refractivity contribution >= 4 is 26.9 Å². The number of hydrogen-bond donors (Lipinski definition) is 0. The van der Waals surface area contributed by atoms with E-state index in [4.69, 9.17) is 4.74 Å². The second-order valence-electron chi connectivity index (χ2n) is 7.06. The molecule has 0 saturated heterocycles. The van der Waals surface area contributed by atoms with Gasteiger partial charge in [0.25, 0.3) is 10.0 Å². The van der Waals surface area contributed by atoms with E-state index in [2.05, 4.69) is 0 Å². The average molecular weight is 401 g/mol. The van der Waals surface area contributed by atoms with Crippen LogP contribution in [0.4, 0.5) is 4.39 Å². The van der Waals surface area contributed by atoms with Crippen LogP contribution in [0.2, 0.25) is 0 Å². The second kappa shape index (κ2) is 6.74. The van der Waals surface area contributed by atoms with Crippen molar-refractivity contribution in [3.63, 3.8) is 0 Å². The maximum absolute atomic E-state index is 13.7. The molecule has 1 aromatic heterocycles. The minimum atomic E-state index is -3.91. The monoisotopic (exact) mass is 401 g/mol. The second-order valence-corrected chi connectivity index (χ2v) is 8.84. The molecule has 0 bridgehead atoms. The number of carbonyl (C=O) groups is 1. The number of carbonyl (C=O) groups excluding carboxylic acids is 1. The highest BCUT2D eigenvalue weighted by atomic mass is 32.2. The summed E-state index contributed by atoms with van der Waals surface area (Å²) in [5.41, 5.74) is 1.83. The first-order valence-electron chi connectivity index (χ1n) is 9.12. The molecule has 5 nitrogen and oxygen atoms in total. The summed E-state index contributed by atoms with van der Waals surface area (Å²) in [7, 11) is -3.91. The lowest BCUT2D eigenvalue weighted by Gasteiger charge is -2.12. The van der Waals surface area contributed by atoms with Gasteiger partial charge in [0.05, 0.1) is 22.9 Å². The van der Waals surface area contributed by atoms with E-state index in [1.807, 2.05) is 6.92 Å². The van der Waals surface area contributed by atoms with E-state index in [1.54, 1.807) is 37.3 Å². The van der Waals surface area contributed by atoms with Gasteiger partial charge in [0.2, 0.25) is 0 Å². The Kier molecular flexibility index (Phi) is 4.50. The summed E-state index contributed by atoms with van der Waals surface area (Å²) in [5, 5.41) is 0.486. The van der Waals surface area contributed by atoms with E-state index in [0.717, 1.165) is 5.56 Å². The van der Waals surface area contributed by atoms with Gasteiger partial charge in [-0.15, -0.1) is 0 Å². The standard InChI is InChI=1S/C21H20FNO4S/c1-3-27-21(24)18-12-17(18)20-11-14-10-15(22)6-9-19(14)23(20)28(25,26)16-7-4-13(2)5-8-16/h4-11,17-18H,3,12H2,1-2H3/t17-,18-/m1/s1. The number of benzene rings is 2. The van der Waals surface area contributed by atoms with Gasteiger partial charge in [-0.2, -0.15) is 0 Å². The Morgan fingerprint density at radius 3 is 2.57 bits per heavy atom. The normalized spacial score (nSPS) is 19.0. The zero-order valence-corrected chi connectivity index (χ0v) is 16.4. The molecule has 1 fully saturated rings. The Labute approximate surface area is 162 Å². The lowest BCUT2D eigenvalue weighted by Crippen LogP contribution is -2.16. The van der Waals surface area contributed by atoms with Crippen molar-refractivity contribution in [1.29, 1.82) is 0 Å². The van der Waals surface area contributed by atoms with Crippen LogP contribution in [0.5, 0.6) is 0 Å². The molecule has 28 heavy (non-hydrogen) atoms. The molecule has 1 aliphatic rings. The highest BCUT2D eigenvalue weighted by Crippen LogP contribution is 2.50. The van der Waals surface area contributed by atoms with E-state index >= 15 is 0 Å². The molecule has 2 atom stereocenters. The van der Waals surface area contributed by atoms with E-state index < -0.39 is 15.8 Å². The number of aryl methyl sites for hydroxylation is 1. The van der Waals surface area contributed by atoms with E-state index in [0.29, 0.717) is 23.0 Å². The summed E-state index contributed by atoms with van der Waals surface area (Å²) in [6, 6.07) is 12.2. The number of nitrogens with zero attached hydrogens (tertiary/aromatic N) is 1. The first kappa shape index (κ1) is 18.7. The molecule has 0 aliphatic heterocycles. The average Bonchev–Trinajstić information content (AvgIpc) is 3.36. The summed E-state index contributed by atoms with van der Waals surface area (Å²) in [5.74, 6) is -1.42. The fourth-order valence-corrected chi connectivity index (χ4v) is 5.14. The van der Waals surface area contributed by atoms with E-state index in [1.165, 1.54) is 22.2 Å². The van der Waals surface area contributed by atoms with Crippen LogP contribution in [0.15, 0.2) is 53.4 Å². The molecule has 0 N–H and O–H groups in total. The van der Waals surface area contributed by atoms with Crippen molar-refractivity contribution < 1.29 is 22.3 Å². The van der Waals surface area contributed by atoms with Crippen molar-refractivity contribution in [2.75, 3.05) is 6.61 Å². The fraction of sp³-hybridized carbons (Fsp3) is 0.286. The molecule has 3 aromatic rings. The molecule has 7 heteroatoms. The number of ether oxygens (including phenoxy) is 1. The summed E-state index contributed by atoms with van der Waals surface area (Å²) in [6.07, 6.45) is 0.515.